The number of rotatable bonds is 6. The maximum atomic E-state index is 6.13. The number of fused-ring (bicyclic) bond motifs is 3. The number of benzene rings is 4. The van der Waals surface area contributed by atoms with E-state index >= 15 is 0 Å². The first-order chi connectivity index (χ1) is 18.1. The number of para-hydroxylation sites is 1. The highest BCUT2D eigenvalue weighted by Gasteiger charge is 2.37. The van der Waals surface area contributed by atoms with Crippen LogP contribution in [0.2, 0.25) is 0 Å². The number of hydrogen-bond donors (Lipinski definition) is 1. The number of anilines is 1. The van der Waals surface area contributed by atoms with E-state index in [2.05, 4.69) is 110 Å². The molecule has 0 unspecified atom stereocenters. The molecule has 37 heavy (non-hydrogen) atoms. The van der Waals surface area contributed by atoms with Crippen molar-refractivity contribution in [2.45, 2.75) is 25.0 Å². The van der Waals surface area contributed by atoms with Gasteiger partial charge in [0.25, 0.3) is 0 Å². The normalized spacial score (nSPS) is 19.9. The summed E-state index contributed by atoms with van der Waals surface area (Å²) in [4.78, 5) is 4.77. The van der Waals surface area contributed by atoms with Gasteiger partial charge in [-0.1, -0.05) is 86.5 Å². The smallest absolute Gasteiger partial charge is 0.128 e. The molecule has 0 bridgehead atoms. The molecule has 1 heterocycles. The summed E-state index contributed by atoms with van der Waals surface area (Å²) in [6, 6.07) is 31.8. The Labute approximate surface area is 234 Å². The van der Waals surface area contributed by atoms with Gasteiger partial charge in [0.1, 0.15) is 12.4 Å². The number of halogens is 2. The third kappa shape index (κ3) is 5.29. The summed E-state index contributed by atoms with van der Waals surface area (Å²) >= 11 is 7.06. The Bertz CT molecular complexity index is 1460. The van der Waals surface area contributed by atoms with Crippen LogP contribution in [0.5, 0.6) is 5.75 Å². The van der Waals surface area contributed by atoms with Gasteiger partial charge in [0.2, 0.25) is 0 Å². The molecule has 0 aromatic heterocycles. The summed E-state index contributed by atoms with van der Waals surface area (Å²) in [6.07, 6.45) is 7.69. The minimum absolute atomic E-state index is 0.289. The Morgan fingerprint density at radius 3 is 2.51 bits per heavy atom. The summed E-state index contributed by atoms with van der Waals surface area (Å²) < 4.78 is 8.18. The Balaban J connectivity index is 1.18. The van der Waals surface area contributed by atoms with Crippen LogP contribution in [0.25, 0.3) is 0 Å². The first kappa shape index (κ1) is 24.2. The van der Waals surface area contributed by atoms with Gasteiger partial charge >= 0.3 is 0 Å². The van der Waals surface area contributed by atoms with E-state index < -0.39 is 0 Å². The predicted molar refractivity (Wildman–Crippen MR) is 159 cm³/mol. The fourth-order valence-corrected chi connectivity index (χ4v) is 5.92. The average molecular weight is 614 g/mol. The molecule has 1 aliphatic carbocycles. The van der Waals surface area contributed by atoms with Crippen LogP contribution < -0.4 is 10.1 Å². The molecule has 3 atom stereocenters. The molecule has 6 rings (SSSR count). The Morgan fingerprint density at radius 2 is 1.68 bits per heavy atom. The molecule has 0 saturated heterocycles. The first-order valence-corrected chi connectivity index (χ1v) is 14.1. The summed E-state index contributed by atoms with van der Waals surface area (Å²) in [5, 5.41) is 3.80. The van der Waals surface area contributed by atoms with E-state index in [0.717, 1.165) is 37.9 Å². The zero-order valence-corrected chi connectivity index (χ0v) is 23.3. The second-order valence-electron chi connectivity index (χ2n) is 9.51. The lowest BCUT2D eigenvalue weighted by atomic mass is 9.77. The van der Waals surface area contributed by atoms with Crippen LogP contribution in [0, 0.1) is 5.92 Å². The Kier molecular flexibility index (Phi) is 6.99. The molecule has 0 saturated carbocycles. The fraction of sp³-hybridized carbons (Fsp3) is 0.156. The maximum Gasteiger partial charge on any atom is 0.128 e. The van der Waals surface area contributed by atoms with Gasteiger partial charge in [0.15, 0.2) is 0 Å². The van der Waals surface area contributed by atoms with Crippen LogP contribution in [-0.4, -0.2) is 6.21 Å². The van der Waals surface area contributed by atoms with Crippen LogP contribution in [0.4, 0.5) is 11.4 Å². The molecule has 4 aromatic carbocycles. The number of nitrogens with zero attached hydrogens (tertiary/aromatic N) is 1. The summed E-state index contributed by atoms with van der Waals surface area (Å²) in [6.45, 7) is 0.499. The molecule has 5 heteroatoms. The van der Waals surface area contributed by atoms with Crippen LogP contribution in [0.1, 0.15) is 40.6 Å². The van der Waals surface area contributed by atoms with Gasteiger partial charge in [0.05, 0.1) is 11.7 Å². The lowest BCUT2D eigenvalue weighted by Crippen LogP contribution is -2.28. The van der Waals surface area contributed by atoms with E-state index in [9.17, 15) is 0 Å². The number of ether oxygens (including phenoxy) is 1. The van der Waals surface area contributed by atoms with Gasteiger partial charge in [-0.2, -0.15) is 0 Å². The van der Waals surface area contributed by atoms with Crippen molar-refractivity contribution in [3.8, 4) is 5.75 Å². The second-order valence-corrected chi connectivity index (χ2v) is 11.3. The van der Waals surface area contributed by atoms with E-state index in [1.165, 1.54) is 16.8 Å². The lowest BCUT2D eigenvalue weighted by molar-refractivity contribution is 0.306. The van der Waals surface area contributed by atoms with Crippen molar-refractivity contribution in [3.05, 3.63) is 134 Å². The second kappa shape index (κ2) is 10.7. The van der Waals surface area contributed by atoms with Crippen molar-refractivity contribution in [3.63, 3.8) is 0 Å². The van der Waals surface area contributed by atoms with Crippen molar-refractivity contribution in [1.29, 1.82) is 0 Å². The quantitative estimate of drug-likeness (QED) is 0.174. The number of allylic oxidation sites excluding steroid dienone is 2. The largest absolute Gasteiger partial charge is 0.488 e. The van der Waals surface area contributed by atoms with Crippen molar-refractivity contribution in [1.82, 2.24) is 0 Å². The Morgan fingerprint density at radius 1 is 0.892 bits per heavy atom. The molecule has 184 valence electrons. The molecule has 0 fully saturated rings. The molecule has 2 aliphatic rings. The summed E-state index contributed by atoms with van der Waals surface area (Å²) in [7, 11) is 0. The van der Waals surface area contributed by atoms with E-state index in [-0.39, 0.29) is 6.04 Å². The predicted octanol–water partition coefficient (Wildman–Crippen LogP) is 9.37. The van der Waals surface area contributed by atoms with Gasteiger partial charge in [-0.05, 0) is 77.6 Å². The maximum absolute atomic E-state index is 6.13. The van der Waals surface area contributed by atoms with Crippen molar-refractivity contribution in [2.24, 2.45) is 10.9 Å². The molecule has 1 aliphatic heterocycles. The summed E-state index contributed by atoms with van der Waals surface area (Å²) in [5.41, 5.74) is 6.91. The van der Waals surface area contributed by atoms with E-state index in [0.29, 0.717) is 18.4 Å². The molecular formula is C32H26Br2N2O. The first-order valence-electron chi connectivity index (χ1n) is 12.5. The molecule has 0 spiro atoms. The highest BCUT2D eigenvalue weighted by atomic mass is 79.9. The molecule has 0 radical (unpaired) electrons. The lowest BCUT2D eigenvalue weighted by Gasteiger charge is -2.37. The molecule has 4 aromatic rings. The zero-order chi connectivity index (χ0) is 25.2. The molecule has 1 N–H and O–H groups in total. The van der Waals surface area contributed by atoms with Gasteiger partial charge < -0.3 is 10.1 Å². The van der Waals surface area contributed by atoms with Crippen molar-refractivity contribution in [2.75, 3.05) is 5.32 Å². The van der Waals surface area contributed by atoms with E-state index in [1.807, 2.05) is 36.5 Å². The van der Waals surface area contributed by atoms with Crippen LogP contribution in [0.15, 0.2) is 117 Å². The van der Waals surface area contributed by atoms with Crippen LogP contribution in [0.3, 0.4) is 0 Å². The van der Waals surface area contributed by atoms with Gasteiger partial charge in [-0.15, -0.1) is 0 Å². The van der Waals surface area contributed by atoms with Crippen LogP contribution in [-0.2, 0) is 6.61 Å². The number of aliphatic imine (C=N–C) groups is 1. The SMILES string of the molecule is Brc1ccc(COc2ccc(Br)cc2C=Nc2ccc([C@@H]3Nc4ccccc4[C@@H]4C=CC[C@@H]43)cc2)cc1. The molecule has 3 nitrogen and oxygen atoms in total. The van der Waals surface area contributed by atoms with Gasteiger partial charge in [0, 0.05) is 32.3 Å². The monoisotopic (exact) mass is 612 g/mol. The van der Waals surface area contributed by atoms with Crippen molar-refractivity contribution >= 4 is 49.4 Å². The van der Waals surface area contributed by atoms with Gasteiger partial charge in [-0.3, -0.25) is 4.99 Å². The van der Waals surface area contributed by atoms with E-state index in [1.54, 1.807) is 0 Å². The highest BCUT2D eigenvalue weighted by Crippen LogP contribution is 2.49. The third-order valence-corrected chi connectivity index (χ3v) is 8.18. The summed E-state index contributed by atoms with van der Waals surface area (Å²) in [5.74, 6) is 1.82. The molecular weight excluding hydrogens is 588 g/mol. The van der Waals surface area contributed by atoms with Gasteiger partial charge in [-0.25, -0.2) is 0 Å². The topological polar surface area (TPSA) is 33.6 Å². The third-order valence-electron chi connectivity index (χ3n) is 7.16. The van der Waals surface area contributed by atoms with Crippen LogP contribution >= 0.6 is 31.9 Å². The average Bonchev–Trinajstić information content (AvgIpc) is 3.43. The fourth-order valence-electron chi connectivity index (χ4n) is 5.28. The minimum atomic E-state index is 0.289. The van der Waals surface area contributed by atoms with E-state index in [4.69, 9.17) is 9.73 Å². The Hall–Kier alpha value is -3.15. The standard InChI is InChI=1S/C32H26Br2N2O/c33-24-12-8-21(9-13-24)20-37-31-17-14-25(34)18-23(31)19-35-26-15-10-22(11-16-26)32-29-6-3-5-27(29)28-4-1-2-7-30(28)36-32/h1-5,7-19,27,29,32,36H,6,20H2/t27-,29-,32-/m0/s1. The number of hydrogen-bond acceptors (Lipinski definition) is 3. The molecule has 0 amide bonds. The zero-order valence-electron chi connectivity index (χ0n) is 20.1. The highest BCUT2D eigenvalue weighted by molar-refractivity contribution is 9.10. The van der Waals surface area contributed by atoms with Crippen molar-refractivity contribution < 1.29 is 4.74 Å². The number of nitrogens with one attached hydrogen (secondary N) is 1. The minimum Gasteiger partial charge on any atom is -0.488 e.